The predicted octanol–water partition coefficient (Wildman–Crippen LogP) is 2.04. The zero-order chi connectivity index (χ0) is 17.6. The lowest BCUT2D eigenvalue weighted by Gasteiger charge is -2.31. The maximum absolute atomic E-state index is 14.4. The summed E-state index contributed by atoms with van der Waals surface area (Å²) in [5.74, 6) is -3.08. The molecule has 0 aromatic heterocycles. The van der Waals surface area contributed by atoms with Crippen molar-refractivity contribution in [3.63, 3.8) is 0 Å². The number of nitrogens with two attached hydrogens (primary N) is 1. The molecule has 7 heteroatoms. The number of halogens is 1. The Morgan fingerprint density at radius 3 is 2.33 bits per heavy atom. The fourth-order valence-corrected chi connectivity index (χ4v) is 3.93. The highest BCUT2D eigenvalue weighted by molar-refractivity contribution is 6.00. The molecule has 3 rings (SSSR count). The molecule has 1 aliphatic heterocycles. The van der Waals surface area contributed by atoms with Crippen LogP contribution in [0.3, 0.4) is 0 Å². The van der Waals surface area contributed by atoms with E-state index in [-0.39, 0.29) is 24.6 Å². The molecule has 1 aromatic carbocycles. The Kier molecular flexibility index (Phi) is 3.60. The molecule has 1 heterocycles. The maximum atomic E-state index is 14.4. The lowest BCUT2D eigenvalue weighted by molar-refractivity contribution is -0.255. The summed E-state index contributed by atoms with van der Waals surface area (Å²) >= 11 is 0. The van der Waals surface area contributed by atoms with E-state index in [0.29, 0.717) is 0 Å². The summed E-state index contributed by atoms with van der Waals surface area (Å²) in [6.45, 7) is 3.85. The van der Waals surface area contributed by atoms with Crippen LogP contribution in [0.4, 0.5) is 4.39 Å². The van der Waals surface area contributed by atoms with E-state index in [9.17, 15) is 14.9 Å². The number of hydrogen-bond acceptors (Lipinski definition) is 6. The van der Waals surface area contributed by atoms with Crippen molar-refractivity contribution in [3.8, 4) is 12.1 Å². The second-order valence-electron chi connectivity index (χ2n) is 5.74. The number of ether oxygens (including phenoxy) is 2. The van der Waals surface area contributed by atoms with E-state index in [1.807, 2.05) is 0 Å². The molecule has 0 radical (unpaired) electrons. The van der Waals surface area contributed by atoms with Crippen molar-refractivity contribution >= 4 is 5.84 Å². The molecule has 0 saturated heterocycles. The van der Waals surface area contributed by atoms with Crippen LogP contribution in [0.2, 0.25) is 0 Å². The van der Waals surface area contributed by atoms with Gasteiger partial charge in [0.25, 0.3) is 5.91 Å². The van der Waals surface area contributed by atoms with Crippen molar-refractivity contribution < 1.29 is 13.9 Å². The van der Waals surface area contributed by atoms with E-state index in [2.05, 4.69) is 17.1 Å². The first kappa shape index (κ1) is 16.4. The molecule has 3 atom stereocenters. The summed E-state index contributed by atoms with van der Waals surface area (Å²) < 4.78 is 25.7. The minimum Gasteiger partial charge on any atom is -0.386 e. The molecule has 2 N–H and O–H groups in total. The van der Waals surface area contributed by atoms with Crippen LogP contribution in [0.5, 0.6) is 0 Å². The Morgan fingerprint density at radius 1 is 1.21 bits per heavy atom. The van der Waals surface area contributed by atoms with Gasteiger partial charge in [-0.25, -0.2) is 9.38 Å². The van der Waals surface area contributed by atoms with Gasteiger partial charge in [-0.05, 0) is 25.5 Å². The first-order valence-electron chi connectivity index (χ1n) is 7.72. The summed E-state index contributed by atoms with van der Waals surface area (Å²) in [6, 6.07) is 10.3. The molecule has 0 unspecified atom stereocenters. The summed E-state index contributed by atoms with van der Waals surface area (Å²) in [7, 11) is 0. The fourth-order valence-electron chi connectivity index (χ4n) is 3.93. The number of fused-ring (bicyclic) bond motifs is 1. The first-order valence-corrected chi connectivity index (χ1v) is 7.72. The largest absolute Gasteiger partial charge is 0.386 e. The highest BCUT2D eigenvalue weighted by atomic mass is 19.1. The van der Waals surface area contributed by atoms with Crippen LogP contribution in [0.1, 0.15) is 25.3 Å². The van der Waals surface area contributed by atoms with Crippen LogP contribution < -0.4 is 5.73 Å². The Labute approximate surface area is 139 Å². The minimum atomic E-state index is -1.71. The van der Waals surface area contributed by atoms with Gasteiger partial charge in [-0.2, -0.15) is 10.5 Å². The first-order chi connectivity index (χ1) is 11.5. The van der Waals surface area contributed by atoms with Crippen molar-refractivity contribution in [1.29, 1.82) is 10.5 Å². The topological polar surface area (TPSA) is 104 Å². The van der Waals surface area contributed by atoms with E-state index in [1.54, 1.807) is 32.0 Å². The van der Waals surface area contributed by atoms with Gasteiger partial charge in [0.05, 0.1) is 12.1 Å². The molecule has 0 bridgehead atoms. The van der Waals surface area contributed by atoms with E-state index in [4.69, 9.17) is 15.2 Å². The lowest BCUT2D eigenvalue weighted by atomic mass is 9.93. The molecule has 0 amide bonds. The molecule has 1 fully saturated rings. The van der Waals surface area contributed by atoms with Gasteiger partial charge in [-0.3, -0.25) is 0 Å². The van der Waals surface area contributed by atoms with Crippen molar-refractivity contribution in [2.75, 3.05) is 13.2 Å². The Bertz CT molecular complexity index is 791. The summed E-state index contributed by atoms with van der Waals surface area (Å²) in [5, 5.41) is 19.8. The number of aliphatic imine (C=N–C) groups is 1. The van der Waals surface area contributed by atoms with Crippen LogP contribution in [0.25, 0.3) is 0 Å². The number of amidine groups is 1. The van der Waals surface area contributed by atoms with Crippen molar-refractivity contribution in [2.24, 2.45) is 21.6 Å². The zero-order valence-electron chi connectivity index (χ0n) is 13.4. The van der Waals surface area contributed by atoms with E-state index in [0.717, 1.165) is 0 Å². The third-order valence-corrected chi connectivity index (χ3v) is 4.82. The maximum Gasteiger partial charge on any atom is 0.293 e. The Hall–Kier alpha value is -2.48. The van der Waals surface area contributed by atoms with Gasteiger partial charge >= 0.3 is 0 Å². The van der Waals surface area contributed by atoms with Gasteiger partial charge < -0.3 is 15.2 Å². The van der Waals surface area contributed by atoms with Crippen molar-refractivity contribution in [3.05, 3.63) is 35.6 Å². The monoisotopic (exact) mass is 328 g/mol. The van der Waals surface area contributed by atoms with Gasteiger partial charge in [-0.1, -0.05) is 18.2 Å². The molecular weight excluding hydrogens is 311 g/mol. The summed E-state index contributed by atoms with van der Waals surface area (Å²) in [4.78, 5) is 4.20. The minimum absolute atomic E-state index is 0.0540. The van der Waals surface area contributed by atoms with Crippen LogP contribution in [-0.2, 0) is 9.47 Å². The molecular formula is C17H17FN4O2. The highest BCUT2D eigenvalue weighted by Gasteiger charge is 2.94. The molecule has 1 saturated carbocycles. The van der Waals surface area contributed by atoms with Gasteiger partial charge in [-0.15, -0.1) is 0 Å². The average Bonchev–Trinajstić information content (AvgIpc) is 3.14. The van der Waals surface area contributed by atoms with Gasteiger partial charge in [0, 0.05) is 19.1 Å². The third-order valence-electron chi connectivity index (χ3n) is 4.82. The van der Waals surface area contributed by atoms with Gasteiger partial charge in [0.2, 0.25) is 0 Å². The standard InChI is InChI=1S/C17H17FN4O2/c1-3-23-17(24-4-2)16(10-20)13(11-7-5-6-8-12(11)18)15(16,9-19)14(21)22-17/h5-8,13H,3-4H2,1-2H3,(H2,21,22)/t13-,15+,16-/m1/s1. The molecule has 124 valence electrons. The molecule has 1 aromatic rings. The number of benzene rings is 1. The Balaban J connectivity index is 2.25. The van der Waals surface area contributed by atoms with Crippen LogP contribution in [0.15, 0.2) is 29.3 Å². The zero-order valence-corrected chi connectivity index (χ0v) is 13.4. The van der Waals surface area contributed by atoms with Crippen LogP contribution in [0, 0.1) is 39.3 Å². The number of nitriles is 2. The second-order valence-corrected chi connectivity index (χ2v) is 5.74. The quantitative estimate of drug-likeness (QED) is 0.833. The number of hydrogen-bond donors (Lipinski definition) is 1. The van der Waals surface area contributed by atoms with Gasteiger partial charge in [0.15, 0.2) is 5.41 Å². The molecule has 24 heavy (non-hydrogen) atoms. The SMILES string of the molecule is CCOC1(OCC)N=C(N)[C@]2(C#N)[C@@H](c3ccccc3F)[C@@]12C#N. The molecule has 2 aliphatic rings. The van der Waals surface area contributed by atoms with Crippen molar-refractivity contribution in [2.45, 2.75) is 25.7 Å². The van der Waals surface area contributed by atoms with Crippen molar-refractivity contribution in [1.82, 2.24) is 0 Å². The molecule has 1 aliphatic carbocycles. The summed E-state index contributed by atoms with van der Waals surface area (Å²) in [5.41, 5.74) is 3.29. The normalized spacial score (nSPS) is 32.4. The number of nitrogens with zero attached hydrogens (tertiary/aromatic N) is 3. The smallest absolute Gasteiger partial charge is 0.293 e. The van der Waals surface area contributed by atoms with E-state index in [1.165, 1.54) is 6.07 Å². The second kappa shape index (κ2) is 5.27. The van der Waals surface area contributed by atoms with E-state index >= 15 is 0 Å². The van der Waals surface area contributed by atoms with E-state index < -0.39 is 28.5 Å². The summed E-state index contributed by atoms with van der Waals surface area (Å²) in [6.07, 6.45) is 0. The van der Waals surface area contributed by atoms with Crippen LogP contribution in [-0.4, -0.2) is 25.0 Å². The lowest BCUT2D eigenvalue weighted by Crippen LogP contribution is -2.43. The predicted molar refractivity (Wildman–Crippen MR) is 82.8 cm³/mol. The van der Waals surface area contributed by atoms with Gasteiger partial charge in [0.1, 0.15) is 17.1 Å². The fraction of sp³-hybridized carbons (Fsp3) is 0.471. The molecule has 6 nitrogen and oxygen atoms in total. The third kappa shape index (κ3) is 1.56. The number of rotatable bonds is 5. The molecule has 0 spiro atoms. The average molecular weight is 328 g/mol. The van der Waals surface area contributed by atoms with Crippen LogP contribution >= 0.6 is 0 Å². The highest BCUT2D eigenvalue weighted by Crippen LogP contribution is 2.82. The Morgan fingerprint density at radius 2 is 1.83 bits per heavy atom.